The van der Waals surface area contributed by atoms with Crippen molar-refractivity contribution in [2.45, 2.75) is 46.1 Å². The second-order valence-electron chi connectivity index (χ2n) is 7.34. The van der Waals surface area contributed by atoms with Gasteiger partial charge in [-0.2, -0.15) is 0 Å². The zero-order valence-corrected chi connectivity index (χ0v) is 17.0. The monoisotopic (exact) mass is 382 g/mol. The SMILES string of the molecule is CCOc1ccc(CNCc2ccc(C(=O)N3CC(C)OC(C)C3)cc2)cc1. The maximum atomic E-state index is 12.7. The van der Waals surface area contributed by atoms with E-state index < -0.39 is 0 Å². The summed E-state index contributed by atoms with van der Waals surface area (Å²) in [6, 6.07) is 16.0. The second-order valence-corrected chi connectivity index (χ2v) is 7.34. The smallest absolute Gasteiger partial charge is 0.254 e. The highest BCUT2D eigenvalue weighted by molar-refractivity contribution is 5.94. The summed E-state index contributed by atoms with van der Waals surface area (Å²) in [7, 11) is 0. The molecule has 1 fully saturated rings. The summed E-state index contributed by atoms with van der Waals surface area (Å²) in [6.07, 6.45) is 0.164. The Labute approximate surface area is 167 Å². The molecule has 5 heteroatoms. The van der Waals surface area contributed by atoms with E-state index in [0.29, 0.717) is 19.7 Å². The molecule has 2 aromatic rings. The molecule has 0 radical (unpaired) electrons. The molecule has 0 aromatic heterocycles. The van der Waals surface area contributed by atoms with Gasteiger partial charge in [0.2, 0.25) is 0 Å². The topological polar surface area (TPSA) is 50.8 Å². The summed E-state index contributed by atoms with van der Waals surface area (Å²) >= 11 is 0. The Hall–Kier alpha value is -2.37. The lowest BCUT2D eigenvalue weighted by Crippen LogP contribution is -2.48. The molecule has 0 spiro atoms. The van der Waals surface area contributed by atoms with Crippen LogP contribution in [0.1, 0.15) is 42.3 Å². The van der Waals surface area contributed by atoms with Crippen molar-refractivity contribution in [2.75, 3.05) is 19.7 Å². The average molecular weight is 383 g/mol. The van der Waals surface area contributed by atoms with Crippen LogP contribution in [0.4, 0.5) is 0 Å². The fourth-order valence-electron chi connectivity index (χ4n) is 3.51. The van der Waals surface area contributed by atoms with Crippen molar-refractivity contribution in [1.82, 2.24) is 10.2 Å². The first-order valence-corrected chi connectivity index (χ1v) is 10.0. The van der Waals surface area contributed by atoms with Crippen LogP contribution < -0.4 is 10.1 Å². The number of carbonyl (C=O) groups excluding carboxylic acids is 1. The van der Waals surface area contributed by atoms with Gasteiger partial charge in [0, 0.05) is 31.7 Å². The van der Waals surface area contributed by atoms with E-state index in [4.69, 9.17) is 9.47 Å². The Balaban J connectivity index is 1.49. The van der Waals surface area contributed by atoms with Gasteiger partial charge in [-0.3, -0.25) is 4.79 Å². The van der Waals surface area contributed by atoms with E-state index in [0.717, 1.165) is 30.0 Å². The van der Waals surface area contributed by atoms with E-state index in [1.165, 1.54) is 5.56 Å². The molecular formula is C23H30N2O3. The van der Waals surface area contributed by atoms with E-state index >= 15 is 0 Å². The van der Waals surface area contributed by atoms with Gasteiger partial charge in [0.1, 0.15) is 5.75 Å². The maximum Gasteiger partial charge on any atom is 0.254 e. The normalized spacial score (nSPS) is 19.5. The molecule has 3 rings (SSSR count). The summed E-state index contributed by atoms with van der Waals surface area (Å²) in [5.41, 5.74) is 3.11. The van der Waals surface area contributed by atoms with Crippen LogP contribution in [-0.2, 0) is 17.8 Å². The molecule has 1 N–H and O–H groups in total. The molecular weight excluding hydrogens is 352 g/mol. The Bertz CT molecular complexity index is 748. The summed E-state index contributed by atoms with van der Waals surface area (Å²) in [5.74, 6) is 0.978. The van der Waals surface area contributed by atoms with Gasteiger partial charge in [-0.05, 0) is 56.2 Å². The lowest BCUT2D eigenvalue weighted by atomic mass is 10.1. The van der Waals surface area contributed by atoms with Crippen LogP contribution in [0.2, 0.25) is 0 Å². The van der Waals surface area contributed by atoms with Crippen molar-refractivity contribution in [1.29, 1.82) is 0 Å². The van der Waals surface area contributed by atoms with Crippen LogP contribution in [0, 0.1) is 0 Å². The molecule has 1 amide bonds. The Morgan fingerprint density at radius 1 is 1.00 bits per heavy atom. The van der Waals surface area contributed by atoms with Gasteiger partial charge in [0.25, 0.3) is 5.91 Å². The molecule has 2 unspecified atom stereocenters. The zero-order valence-electron chi connectivity index (χ0n) is 17.0. The van der Waals surface area contributed by atoms with Crippen molar-refractivity contribution in [3.8, 4) is 5.75 Å². The predicted octanol–water partition coefficient (Wildman–Crippen LogP) is 3.62. The Morgan fingerprint density at radius 3 is 2.07 bits per heavy atom. The quantitative estimate of drug-likeness (QED) is 0.795. The molecule has 1 aliphatic rings. The van der Waals surface area contributed by atoms with Crippen LogP contribution in [-0.4, -0.2) is 42.7 Å². The highest BCUT2D eigenvalue weighted by atomic mass is 16.5. The molecule has 2 atom stereocenters. The minimum atomic E-state index is 0.0795. The lowest BCUT2D eigenvalue weighted by molar-refractivity contribution is -0.0586. The molecule has 5 nitrogen and oxygen atoms in total. The second kappa shape index (κ2) is 9.71. The molecule has 2 aromatic carbocycles. The van der Waals surface area contributed by atoms with Gasteiger partial charge in [0.15, 0.2) is 0 Å². The highest BCUT2D eigenvalue weighted by Gasteiger charge is 2.26. The minimum absolute atomic E-state index is 0.0795. The number of rotatable bonds is 7. The van der Waals surface area contributed by atoms with Crippen molar-refractivity contribution >= 4 is 5.91 Å². The third-order valence-corrected chi connectivity index (χ3v) is 4.80. The number of carbonyl (C=O) groups is 1. The van der Waals surface area contributed by atoms with Gasteiger partial charge in [0.05, 0.1) is 18.8 Å². The van der Waals surface area contributed by atoms with Crippen LogP contribution >= 0.6 is 0 Å². The van der Waals surface area contributed by atoms with E-state index in [1.807, 2.05) is 62.1 Å². The van der Waals surface area contributed by atoms with Crippen molar-refractivity contribution in [3.05, 3.63) is 65.2 Å². The van der Waals surface area contributed by atoms with Crippen LogP contribution in [0.3, 0.4) is 0 Å². The van der Waals surface area contributed by atoms with Crippen LogP contribution in [0.25, 0.3) is 0 Å². The summed E-state index contributed by atoms with van der Waals surface area (Å²) in [5, 5.41) is 3.44. The minimum Gasteiger partial charge on any atom is -0.494 e. The molecule has 1 aliphatic heterocycles. The standard InChI is InChI=1S/C23H30N2O3/c1-4-27-22-11-7-20(8-12-22)14-24-13-19-5-9-21(10-6-19)23(26)25-15-17(2)28-18(3)16-25/h5-12,17-18,24H,4,13-16H2,1-3H3. The van der Waals surface area contributed by atoms with Gasteiger partial charge >= 0.3 is 0 Å². The Morgan fingerprint density at radius 2 is 1.54 bits per heavy atom. The summed E-state index contributed by atoms with van der Waals surface area (Å²) in [4.78, 5) is 14.6. The number of amides is 1. The molecule has 0 saturated carbocycles. The van der Waals surface area contributed by atoms with Gasteiger partial charge in [-0.25, -0.2) is 0 Å². The van der Waals surface area contributed by atoms with Crippen molar-refractivity contribution in [3.63, 3.8) is 0 Å². The number of hydrogen-bond donors (Lipinski definition) is 1. The first kappa shape index (κ1) is 20.4. The lowest BCUT2D eigenvalue weighted by Gasteiger charge is -2.35. The van der Waals surface area contributed by atoms with Crippen LogP contribution in [0.15, 0.2) is 48.5 Å². The van der Waals surface area contributed by atoms with Crippen molar-refractivity contribution in [2.24, 2.45) is 0 Å². The number of morpholine rings is 1. The van der Waals surface area contributed by atoms with E-state index in [2.05, 4.69) is 17.4 Å². The van der Waals surface area contributed by atoms with E-state index in [9.17, 15) is 4.79 Å². The number of nitrogens with zero attached hydrogens (tertiary/aromatic N) is 1. The van der Waals surface area contributed by atoms with Gasteiger partial charge < -0.3 is 19.7 Å². The van der Waals surface area contributed by atoms with Gasteiger partial charge in [-0.1, -0.05) is 24.3 Å². The highest BCUT2D eigenvalue weighted by Crippen LogP contribution is 2.15. The fraction of sp³-hybridized carbons (Fsp3) is 0.435. The Kier molecular flexibility index (Phi) is 7.06. The summed E-state index contributed by atoms with van der Waals surface area (Å²) < 4.78 is 11.2. The fourth-order valence-corrected chi connectivity index (χ4v) is 3.51. The molecule has 1 heterocycles. The number of nitrogens with one attached hydrogen (secondary N) is 1. The van der Waals surface area contributed by atoms with Crippen molar-refractivity contribution < 1.29 is 14.3 Å². The number of ether oxygens (including phenoxy) is 2. The summed E-state index contributed by atoms with van der Waals surface area (Å²) in [6.45, 7) is 9.52. The molecule has 28 heavy (non-hydrogen) atoms. The third kappa shape index (κ3) is 5.57. The first-order chi connectivity index (χ1) is 13.5. The van der Waals surface area contributed by atoms with E-state index in [1.54, 1.807) is 0 Å². The average Bonchev–Trinajstić information content (AvgIpc) is 2.69. The number of hydrogen-bond acceptors (Lipinski definition) is 4. The zero-order chi connectivity index (χ0) is 19.9. The molecule has 0 bridgehead atoms. The first-order valence-electron chi connectivity index (χ1n) is 10.0. The molecule has 1 saturated heterocycles. The predicted molar refractivity (Wildman–Crippen MR) is 111 cm³/mol. The van der Waals surface area contributed by atoms with Gasteiger partial charge in [-0.15, -0.1) is 0 Å². The van der Waals surface area contributed by atoms with E-state index in [-0.39, 0.29) is 18.1 Å². The third-order valence-electron chi connectivity index (χ3n) is 4.80. The molecule has 150 valence electrons. The maximum absolute atomic E-state index is 12.7. The van der Waals surface area contributed by atoms with Crippen LogP contribution in [0.5, 0.6) is 5.75 Å². The largest absolute Gasteiger partial charge is 0.494 e. The molecule has 0 aliphatic carbocycles. The number of benzene rings is 2.